The van der Waals surface area contributed by atoms with Crippen molar-refractivity contribution in [3.05, 3.63) is 0 Å². The normalized spacial score (nSPS) is 26.5. The van der Waals surface area contributed by atoms with Crippen molar-refractivity contribution in [2.24, 2.45) is 17.3 Å². The molecule has 154 valence electrons. The van der Waals surface area contributed by atoms with Crippen LogP contribution in [0, 0.1) is 17.3 Å². The first kappa shape index (κ1) is 20.6. The van der Waals surface area contributed by atoms with E-state index in [4.69, 9.17) is 0 Å². The van der Waals surface area contributed by atoms with Crippen molar-refractivity contribution in [1.29, 1.82) is 0 Å². The summed E-state index contributed by atoms with van der Waals surface area (Å²) < 4.78 is 0. The van der Waals surface area contributed by atoms with Crippen LogP contribution in [0.1, 0.15) is 79.1 Å². The molecule has 3 saturated carbocycles. The van der Waals surface area contributed by atoms with Crippen LogP contribution in [-0.2, 0) is 9.59 Å². The van der Waals surface area contributed by atoms with E-state index in [1.165, 1.54) is 0 Å². The summed E-state index contributed by atoms with van der Waals surface area (Å²) in [4.78, 5) is 26.0. The Kier molecular flexibility index (Phi) is 5.36. The van der Waals surface area contributed by atoms with Gasteiger partial charge in [0.05, 0.1) is 23.3 Å². The zero-order valence-corrected chi connectivity index (χ0v) is 17.2. The maximum absolute atomic E-state index is 13.0. The number of carbonyl (C=O) groups is 2. The molecule has 0 aromatic rings. The molecule has 3 rings (SSSR count). The Morgan fingerprint density at radius 2 is 1.04 bits per heavy atom. The SMILES string of the molecule is CC(C)[C@@H](NC(=O)C1(C(=O)N[C@H](C(C)C)C2(O)CCC2)CC1)C1(O)CCC1. The Morgan fingerprint density at radius 3 is 1.22 bits per heavy atom. The highest BCUT2D eigenvalue weighted by Gasteiger charge is 2.59. The highest BCUT2D eigenvalue weighted by Crippen LogP contribution is 2.48. The predicted molar refractivity (Wildman–Crippen MR) is 103 cm³/mol. The largest absolute Gasteiger partial charge is 0.388 e. The zero-order valence-electron chi connectivity index (χ0n) is 17.2. The van der Waals surface area contributed by atoms with Gasteiger partial charge in [0.25, 0.3) is 0 Å². The monoisotopic (exact) mass is 380 g/mol. The van der Waals surface area contributed by atoms with Crippen LogP contribution in [0.3, 0.4) is 0 Å². The maximum Gasteiger partial charge on any atom is 0.236 e. The Bertz CT molecular complexity index is 541. The summed E-state index contributed by atoms with van der Waals surface area (Å²) in [6, 6.07) is -0.665. The highest BCUT2D eigenvalue weighted by molar-refractivity contribution is 6.08. The van der Waals surface area contributed by atoms with Crippen LogP contribution in [-0.4, -0.2) is 45.3 Å². The van der Waals surface area contributed by atoms with E-state index in [1.807, 2.05) is 27.7 Å². The molecule has 0 aromatic heterocycles. The van der Waals surface area contributed by atoms with E-state index in [1.54, 1.807) is 0 Å². The van der Waals surface area contributed by atoms with Crippen LogP contribution in [0.25, 0.3) is 0 Å². The van der Waals surface area contributed by atoms with Gasteiger partial charge >= 0.3 is 0 Å². The number of aliphatic hydroxyl groups is 2. The lowest BCUT2D eigenvalue weighted by molar-refractivity contribution is -0.145. The molecular weight excluding hydrogens is 344 g/mol. The lowest BCUT2D eigenvalue weighted by Crippen LogP contribution is -2.63. The lowest BCUT2D eigenvalue weighted by Gasteiger charge is -2.46. The van der Waals surface area contributed by atoms with Crippen LogP contribution in [0.5, 0.6) is 0 Å². The molecule has 0 aliphatic heterocycles. The maximum atomic E-state index is 13.0. The van der Waals surface area contributed by atoms with Crippen molar-refractivity contribution < 1.29 is 19.8 Å². The van der Waals surface area contributed by atoms with E-state index < -0.39 is 16.6 Å². The van der Waals surface area contributed by atoms with Crippen molar-refractivity contribution >= 4 is 11.8 Å². The summed E-state index contributed by atoms with van der Waals surface area (Å²) in [5.41, 5.74) is -2.74. The van der Waals surface area contributed by atoms with Gasteiger partial charge in [-0.1, -0.05) is 27.7 Å². The molecular formula is C21H36N2O4. The second-order valence-corrected chi connectivity index (χ2v) is 9.89. The quantitative estimate of drug-likeness (QED) is 0.483. The number of hydrogen-bond donors (Lipinski definition) is 4. The van der Waals surface area contributed by atoms with E-state index >= 15 is 0 Å². The van der Waals surface area contributed by atoms with Gasteiger partial charge in [-0.05, 0) is 63.2 Å². The number of nitrogens with one attached hydrogen (secondary N) is 2. The summed E-state index contributed by atoms with van der Waals surface area (Å²) >= 11 is 0. The van der Waals surface area contributed by atoms with Crippen LogP contribution < -0.4 is 10.6 Å². The first-order chi connectivity index (χ1) is 12.5. The fourth-order valence-corrected chi connectivity index (χ4v) is 4.78. The van der Waals surface area contributed by atoms with Crippen molar-refractivity contribution in [3.8, 4) is 0 Å². The van der Waals surface area contributed by atoms with E-state index in [0.717, 1.165) is 12.8 Å². The molecule has 0 bridgehead atoms. The summed E-state index contributed by atoms with van der Waals surface area (Å²) in [6.07, 6.45) is 5.76. The number of rotatable bonds is 8. The van der Waals surface area contributed by atoms with Gasteiger partial charge in [-0.25, -0.2) is 0 Å². The van der Waals surface area contributed by atoms with E-state index in [0.29, 0.717) is 38.5 Å². The minimum Gasteiger partial charge on any atom is -0.388 e. The molecule has 2 amide bonds. The second-order valence-electron chi connectivity index (χ2n) is 9.89. The van der Waals surface area contributed by atoms with Crippen molar-refractivity contribution in [1.82, 2.24) is 10.6 Å². The third-order valence-corrected chi connectivity index (χ3v) is 7.12. The van der Waals surface area contributed by atoms with Crippen molar-refractivity contribution in [3.63, 3.8) is 0 Å². The molecule has 3 aliphatic rings. The van der Waals surface area contributed by atoms with E-state index in [2.05, 4.69) is 10.6 Å². The molecule has 0 unspecified atom stereocenters. The Labute approximate surface area is 162 Å². The van der Waals surface area contributed by atoms with E-state index in [9.17, 15) is 19.8 Å². The van der Waals surface area contributed by atoms with Crippen LogP contribution in [0.15, 0.2) is 0 Å². The van der Waals surface area contributed by atoms with Crippen LogP contribution in [0.4, 0.5) is 0 Å². The first-order valence-corrected chi connectivity index (χ1v) is 10.6. The molecule has 0 heterocycles. The predicted octanol–water partition coefficient (Wildman–Crippen LogP) is 1.88. The van der Waals surface area contributed by atoms with Crippen LogP contribution in [0.2, 0.25) is 0 Å². The first-order valence-electron chi connectivity index (χ1n) is 10.6. The molecule has 27 heavy (non-hydrogen) atoms. The average Bonchev–Trinajstić information content (AvgIpc) is 3.34. The summed E-state index contributed by atoms with van der Waals surface area (Å²) in [5.74, 6) is -0.362. The van der Waals surface area contributed by atoms with Gasteiger partial charge in [0, 0.05) is 0 Å². The Hall–Kier alpha value is -1.14. The topological polar surface area (TPSA) is 98.7 Å². The van der Waals surface area contributed by atoms with Crippen molar-refractivity contribution in [2.75, 3.05) is 0 Å². The minimum atomic E-state index is -1.04. The highest BCUT2D eigenvalue weighted by atomic mass is 16.3. The van der Waals surface area contributed by atoms with Gasteiger partial charge in [-0.3, -0.25) is 9.59 Å². The molecule has 0 saturated heterocycles. The summed E-state index contributed by atoms with van der Waals surface area (Å²) in [7, 11) is 0. The molecule has 4 N–H and O–H groups in total. The van der Waals surface area contributed by atoms with Crippen LogP contribution >= 0.6 is 0 Å². The number of hydrogen-bond acceptors (Lipinski definition) is 4. The molecule has 0 aromatic carbocycles. The fourth-order valence-electron chi connectivity index (χ4n) is 4.78. The molecule has 3 fully saturated rings. The smallest absolute Gasteiger partial charge is 0.236 e. The fraction of sp³-hybridized carbons (Fsp3) is 0.905. The second kappa shape index (κ2) is 7.03. The van der Waals surface area contributed by atoms with Gasteiger partial charge in [0.15, 0.2) is 0 Å². The number of carbonyl (C=O) groups excluding carboxylic acids is 2. The lowest BCUT2D eigenvalue weighted by atomic mass is 9.71. The standard InChI is InChI=1S/C21H36N2O4/c1-13(2)15(20(26)7-5-8-20)22-17(24)19(11-12-19)18(25)23-16(14(3)4)21(27)9-6-10-21/h13-16,26-27H,5-12H2,1-4H3,(H,22,24)(H,23,25)/t15-,16-/m1/s1. The Morgan fingerprint density at radius 1 is 0.704 bits per heavy atom. The average molecular weight is 381 g/mol. The number of amides is 2. The third kappa shape index (κ3) is 3.63. The van der Waals surface area contributed by atoms with Gasteiger partial charge in [0.2, 0.25) is 11.8 Å². The molecule has 6 heteroatoms. The zero-order chi connectivity index (χ0) is 20.0. The molecule has 2 atom stereocenters. The molecule has 0 radical (unpaired) electrons. The third-order valence-electron chi connectivity index (χ3n) is 7.12. The van der Waals surface area contributed by atoms with Gasteiger partial charge in [0.1, 0.15) is 5.41 Å². The van der Waals surface area contributed by atoms with Gasteiger partial charge in [-0.15, -0.1) is 0 Å². The molecule has 3 aliphatic carbocycles. The summed E-state index contributed by atoms with van der Waals surface area (Å²) in [6.45, 7) is 7.95. The minimum absolute atomic E-state index is 0.0946. The Balaban J connectivity index is 1.68. The van der Waals surface area contributed by atoms with Gasteiger partial charge in [-0.2, -0.15) is 0 Å². The summed E-state index contributed by atoms with van der Waals surface area (Å²) in [5, 5.41) is 27.5. The van der Waals surface area contributed by atoms with Gasteiger partial charge < -0.3 is 20.8 Å². The van der Waals surface area contributed by atoms with Crippen molar-refractivity contribution in [2.45, 2.75) is 102 Å². The van der Waals surface area contributed by atoms with E-state index in [-0.39, 0.29) is 35.7 Å². The molecule has 0 spiro atoms. The molecule has 6 nitrogen and oxygen atoms in total.